The highest BCUT2D eigenvalue weighted by Gasteiger charge is 2.29. The molecule has 0 fully saturated rings. The summed E-state index contributed by atoms with van der Waals surface area (Å²) in [4.78, 5) is 5.71. The van der Waals surface area contributed by atoms with Crippen LogP contribution in [0.4, 0.5) is 0 Å². The maximum Gasteiger partial charge on any atom is 0.138 e. The molecule has 330 valence electrons. The molecule has 15 aromatic rings. The van der Waals surface area contributed by atoms with Crippen LogP contribution in [-0.4, -0.2) is 18.7 Å². The van der Waals surface area contributed by atoms with E-state index < -0.39 is 0 Å². The summed E-state index contributed by atoms with van der Waals surface area (Å²) in [6.45, 7) is 0. The van der Waals surface area contributed by atoms with Gasteiger partial charge >= 0.3 is 0 Å². The topological polar surface area (TPSA) is 27.7 Å². The van der Waals surface area contributed by atoms with Gasteiger partial charge in [0.15, 0.2) is 0 Å². The molecular weight excluding hydrogens is 861 g/mol. The summed E-state index contributed by atoms with van der Waals surface area (Å²) in [7, 11) is 0. The molecule has 0 N–H and O–H groups in total. The predicted molar refractivity (Wildman–Crippen MR) is 299 cm³/mol. The fourth-order valence-corrected chi connectivity index (χ4v) is 11.7. The van der Waals surface area contributed by atoms with Crippen molar-refractivity contribution < 1.29 is 0 Å². The normalized spacial score (nSPS) is 11.9. The Hall–Kier alpha value is -9.51. The van der Waals surface area contributed by atoms with Crippen LogP contribution in [0.5, 0.6) is 0 Å². The molecule has 11 aromatic carbocycles. The van der Waals surface area contributed by atoms with Crippen LogP contribution in [0.25, 0.3) is 138 Å². The van der Waals surface area contributed by atoms with Gasteiger partial charge in [0.05, 0.1) is 38.8 Å². The minimum atomic E-state index is 0.856. The molecule has 4 aromatic heterocycles. The third-order valence-corrected chi connectivity index (χ3v) is 14.8. The quantitative estimate of drug-likeness (QED) is 0.163. The standard InChI is InChI=1S/C67H42N4/c1-3-22-50(23-4-1)69-57-30-14-11-26-52(57)55-42-47(38-39-60(55)69)56-29-17-33-61(68-56)71-59-32-16-13-28-54(59)65-63(49-37-35-44-19-8-10-21-46(44)41-49)62(48-36-34-43-18-7-9-20-45(43)40-48)64-53-27-12-15-31-58(53)70(66(64)67(65)71)51-24-5-2-6-25-51/h1-42H. The molecule has 0 saturated heterocycles. The zero-order valence-corrected chi connectivity index (χ0v) is 38.5. The average molecular weight is 903 g/mol. The van der Waals surface area contributed by atoms with Crippen molar-refractivity contribution in [3.63, 3.8) is 0 Å². The molecule has 4 heterocycles. The number of benzene rings is 11. The SMILES string of the molecule is c1ccc(-n2c3ccccc3c3cc(-c4cccc(-n5c6ccccc6c6c(-c7ccc8ccccc8c7)c(-c7ccc8ccccc8c7)c7c8ccccc8n(-c8ccccc8)c7c65)n4)ccc32)cc1. The second-order valence-corrected chi connectivity index (χ2v) is 18.7. The van der Waals surface area contributed by atoms with Crippen LogP contribution in [0.1, 0.15) is 0 Å². The zero-order chi connectivity index (χ0) is 46.6. The summed E-state index contributed by atoms with van der Waals surface area (Å²) in [6.07, 6.45) is 0. The Morgan fingerprint density at radius 1 is 0.268 bits per heavy atom. The van der Waals surface area contributed by atoms with E-state index in [-0.39, 0.29) is 0 Å². The average Bonchev–Trinajstić information content (AvgIpc) is 4.09. The van der Waals surface area contributed by atoms with Crippen molar-refractivity contribution in [1.29, 1.82) is 0 Å². The Balaban J connectivity index is 1.09. The molecular formula is C67H42N4. The van der Waals surface area contributed by atoms with E-state index in [9.17, 15) is 0 Å². The van der Waals surface area contributed by atoms with E-state index in [0.717, 1.165) is 50.5 Å². The van der Waals surface area contributed by atoms with Crippen LogP contribution in [0.3, 0.4) is 0 Å². The van der Waals surface area contributed by atoms with Crippen LogP contribution in [0, 0.1) is 0 Å². The fraction of sp³-hybridized carbons (Fsp3) is 0. The second kappa shape index (κ2) is 15.5. The summed E-state index contributed by atoms with van der Waals surface area (Å²) >= 11 is 0. The molecule has 0 atom stereocenters. The van der Waals surface area contributed by atoms with Gasteiger partial charge in [-0.2, -0.15) is 0 Å². The maximum absolute atomic E-state index is 5.71. The Kier molecular flexibility index (Phi) is 8.62. The smallest absolute Gasteiger partial charge is 0.138 e. The van der Waals surface area contributed by atoms with Gasteiger partial charge in [-0.3, -0.25) is 4.57 Å². The van der Waals surface area contributed by atoms with Gasteiger partial charge in [-0.25, -0.2) is 4.98 Å². The predicted octanol–water partition coefficient (Wildman–Crippen LogP) is 17.7. The Morgan fingerprint density at radius 3 is 1.32 bits per heavy atom. The zero-order valence-electron chi connectivity index (χ0n) is 38.5. The van der Waals surface area contributed by atoms with Crippen LogP contribution < -0.4 is 0 Å². The number of hydrogen-bond acceptors (Lipinski definition) is 1. The lowest BCUT2D eigenvalue weighted by Crippen LogP contribution is -2.02. The van der Waals surface area contributed by atoms with Gasteiger partial charge in [-0.15, -0.1) is 0 Å². The van der Waals surface area contributed by atoms with E-state index in [1.165, 1.54) is 87.1 Å². The second-order valence-electron chi connectivity index (χ2n) is 18.7. The molecule has 0 spiro atoms. The first-order valence-electron chi connectivity index (χ1n) is 24.4. The van der Waals surface area contributed by atoms with Crippen molar-refractivity contribution in [3.8, 4) is 50.7 Å². The number of para-hydroxylation sites is 5. The molecule has 0 aliphatic heterocycles. The van der Waals surface area contributed by atoms with Gasteiger partial charge in [0.1, 0.15) is 5.82 Å². The molecule has 0 unspecified atom stereocenters. The van der Waals surface area contributed by atoms with Crippen molar-refractivity contribution >= 4 is 87.0 Å². The largest absolute Gasteiger partial charge is 0.309 e. The number of aromatic nitrogens is 4. The van der Waals surface area contributed by atoms with E-state index in [4.69, 9.17) is 4.98 Å². The minimum Gasteiger partial charge on any atom is -0.309 e. The summed E-state index contributed by atoms with van der Waals surface area (Å²) in [5.74, 6) is 0.856. The summed E-state index contributed by atoms with van der Waals surface area (Å²) in [6, 6.07) is 93.0. The number of fused-ring (bicyclic) bond motifs is 12. The highest BCUT2D eigenvalue weighted by Crippen LogP contribution is 2.52. The van der Waals surface area contributed by atoms with Crippen molar-refractivity contribution in [2.24, 2.45) is 0 Å². The number of hydrogen-bond donors (Lipinski definition) is 0. The first-order valence-corrected chi connectivity index (χ1v) is 24.4. The molecule has 0 saturated carbocycles. The first kappa shape index (κ1) is 39.5. The van der Waals surface area contributed by atoms with E-state index >= 15 is 0 Å². The molecule has 0 aliphatic carbocycles. The van der Waals surface area contributed by atoms with E-state index in [0.29, 0.717) is 0 Å². The lowest BCUT2D eigenvalue weighted by molar-refractivity contribution is 1.08. The summed E-state index contributed by atoms with van der Waals surface area (Å²) in [5, 5.41) is 12.0. The van der Waals surface area contributed by atoms with E-state index in [2.05, 4.69) is 268 Å². The molecule has 15 rings (SSSR count). The highest BCUT2D eigenvalue weighted by molar-refractivity contribution is 6.33. The van der Waals surface area contributed by atoms with Crippen LogP contribution >= 0.6 is 0 Å². The van der Waals surface area contributed by atoms with Gasteiger partial charge in [0.2, 0.25) is 0 Å². The Morgan fingerprint density at radius 2 is 0.718 bits per heavy atom. The van der Waals surface area contributed by atoms with Gasteiger partial charge in [-0.1, -0.05) is 176 Å². The van der Waals surface area contributed by atoms with Crippen molar-refractivity contribution in [3.05, 3.63) is 255 Å². The monoisotopic (exact) mass is 902 g/mol. The molecule has 0 aliphatic rings. The molecule has 0 amide bonds. The summed E-state index contributed by atoms with van der Waals surface area (Å²) in [5.41, 5.74) is 15.8. The van der Waals surface area contributed by atoms with Crippen molar-refractivity contribution in [1.82, 2.24) is 18.7 Å². The lowest BCUT2D eigenvalue weighted by atomic mass is 9.86. The summed E-state index contributed by atoms with van der Waals surface area (Å²) < 4.78 is 7.31. The van der Waals surface area contributed by atoms with Gasteiger partial charge in [-0.05, 0) is 112 Å². The third kappa shape index (κ3) is 5.95. The first-order chi connectivity index (χ1) is 35.2. The minimum absolute atomic E-state index is 0.856. The lowest BCUT2D eigenvalue weighted by Gasteiger charge is -2.19. The number of rotatable bonds is 6. The van der Waals surface area contributed by atoms with Gasteiger partial charge < -0.3 is 9.13 Å². The molecule has 0 radical (unpaired) electrons. The van der Waals surface area contributed by atoms with Crippen LogP contribution in [0.2, 0.25) is 0 Å². The van der Waals surface area contributed by atoms with Crippen molar-refractivity contribution in [2.75, 3.05) is 0 Å². The molecule has 4 heteroatoms. The number of pyridine rings is 1. The maximum atomic E-state index is 5.71. The van der Waals surface area contributed by atoms with E-state index in [1.54, 1.807) is 0 Å². The van der Waals surface area contributed by atoms with Crippen LogP contribution in [-0.2, 0) is 0 Å². The Labute approximate surface area is 409 Å². The fourth-order valence-electron chi connectivity index (χ4n) is 11.7. The van der Waals surface area contributed by atoms with Gasteiger partial charge in [0.25, 0.3) is 0 Å². The molecule has 0 bridgehead atoms. The molecule has 4 nitrogen and oxygen atoms in total. The van der Waals surface area contributed by atoms with Gasteiger partial charge in [0, 0.05) is 60.4 Å². The van der Waals surface area contributed by atoms with E-state index in [1.807, 2.05) is 0 Å². The Bertz CT molecular complexity index is 4630. The molecule has 71 heavy (non-hydrogen) atoms. The van der Waals surface area contributed by atoms with Crippen molar-refractivity contribution in [2.45, 2.75) is 0 Å². The van der Waals surface area contributed by atoms with Crippen LogP contribution in [0.15, 0.2) is 255 Å². The number of nitrogens with zero attached hydrogens (tertiary/aromatic N) is 4. The third-order valence-electron chi connectivity index (χ3n) is 14.8. The highest BCUT2D eigenvalue weighted by atomic mass is 15.1.